The van der Waals surface area contributed by atoms with Crippen LogP contribution >= 0.6 is 0 Å². The van der Waals surface area contributed by atoms with E-state index in [0.717, 1.165) is 5.69 Å². The molecule has 3 heterocycles. The number of nitrogens with zero attached hydrogens (tertiary/aromatic N) is 3. The second kappa shape index (κ2) is 6.79. The van der Waals surface area contributed by atoms with Gasteiger partial charge in [0.1, 0.15) is 6.61 Å². The van der Waals surface area contributed by atoms with Crippen LogP contribution in [0.2, 0.25) is 0 Å². The summed E-state index contributed by atoms with van der Waals surface area (Å²) in [5.74, 6) is 0.683. The van der Waals surface area contributed by atoms with Crippen LogP contribution in [0.3, 0.4) is 0 Å². The van der Waals surface area contributed by atoms with Crippen molar-refractivity contribution in [3.05, 3.63) is 46.4 Å². The van der Waals surface area contributed by atoms with Crippen molar-refractivity contribution >= 4 is 28.4 Å². The molecule has 0 bridgehead atoms. The second-order valence-electron chi connectivity index (χ2n) is 6.04. The first-order valence-corrected chi connectivity index (χ1v) is 8.83. The predicted octanol–water partition coefficient (Wildman–Crippen LogP) is 2.72. The van der Waals surface area contributed by atoms with Gasteiger partial charge in [-0.1, -0.05) is 0 Å². The molecule has 0 spiro atoms. The largest absolute Gasteiger partial charge is 0.488 e. The molecule has 2 aromatic heterocycles. The number of benzene rings is 1. The minimum absolute atomic E-state index is 0.140. The third kappa shape index (κ3) is 2.92. The maximum absolute atomic E-state index is 12.2. The smallest absolute Gasteiger partial charge is 0.339 e. The molecule has 8 nitrogen and oxygen atoms in total. The number of esters is 1. The predicted molar refractivity (Wildman–Crippen MR) is 98.8 cm³/mol. The third-order valence-electron chi connectivity index (χ3n) is 4.40. The first-order chi connectivity index (χ1) is 13.1. The molecule has 0 amide bonds. The van der Waals surface area contributed by atoms with Crippen molar-refractivity contribution in [3.8, 4) is 5.75 Å². The van der Waals surface area contributed by atoms with E-state index in [1.54, 1.807) is 19.1 Å². The van der Waals surface area contributed by atoms with Crippen LogP contribution in [-0.2, 0) is 11.3 Å². The normalized spacial score (nSPS) is 13.3. The zero-order chi connectivity index (χ0) is 19.0. The zero-order valence-corrected chi connectivity index (χ0v) is 15.1. The number of fused-ring (bicyclic) bond motifs is 2. The van der Waals surface area contributed by atoms with Crippen LogP contribution in [0, 0.1) is 0 Å². The van der Waals surface area contributed by atoms with Crippen LogP contribution in [0.1, 0.15) is 24.2 Å². The summed E-state index contributed by atoms with van der Waals surface area (Å²) >= 11 is 0. The number of anilines is 2. The molecule has 0 saturated carbocycles. The minimum Gasteiger partial charge on any atom is -0.488 e. The molecule has 0 aliphatic carbocycles. The Bertz CT molecular complexity index is 1070. The summed E-state index contributed by atoms with van der Waals surface area (Å²) in [6, 6.07) is 7.07. The number of pyridine rings is 1. The van der Waals surface area contributed by atoms with Crippen LogP contribution in [0.15, 0.2) is 39.8 Å². The van der Waals surface area contributed by atoms with Crippen LogP contribution in [0.5, 0.6) is 5.75 Å². The van der Waals surface area contributed by atoms with Crippen molar-refractivity contribution < 1.29 is 18.8 Å². The van der Waals surface area contributed by atoms with E-state index in [0.29, 0.717) is 54.4 Å². The fourth-order valence-electron chi connectivity index (χ4n) is 3.11. The van der Waals surface area contributed by atoms with Crippen molar-refractivity contribution in [2.45, 2.75) is 20.4 Å². The van der Waals surface area contributed by atoms with Gasteiger partial charge in [-0.15, -0.1) is 0 Å². The van der Waals surface area contributed by atoms with E-state index in [4.69, 9.17) is 14.0 Å². The second-order valence-corrected chi connectivity index (χ2v) is 6.04. The summed E-state index contributed by atoms with van der Waals surface area (Å²) in [6.07, 6.45) is 1.48. The molecule has 0 atom stereocenters. The number of carbonyl (C=O) groups is 1. The molecule has 0 unspecified atom stereocenters. The topological polar surface area (TPSA) is 86.8 Å². The first-order valence-electron chi connectivity index (χ1n) is 8.83. The molecule has 140 valence electrons. The van der Waals surface area contributed by atoms with E-state index in [9.17, 15) is 9.59 Å². The lowest BCUT2D eigenvalue weighted by Crippen LogP contribution is -2.29. The Morgan fingerprint density at radius 1 is 1.30 bits per heavy atom. The fraction of sp³-hybridized carbons (Fsp3) is 0.316. The van der Waals surface area contributed by atoms with Crippen LogP contribution < -0.4 is 15.2 Å². The number of hydrogen-bond acceptors (Lipinski definition) is 7. The standard InChI is InChI=1S/C19H19N3O5/c1-3-22-18(23)14-6-5-13(10-15(14)27-22)21-7-8-26-16-9-12(11-20-17(16)21)19(24)25-4-2/h5-6,9-11H,3-4,7-8H2,1-2H3. The quantitative estimate of drug-likeness (QED) is 0.654. The third-order valence-corrected chi connectivity index (χ3v) is 4.40. The minimum atomic E-state index is -0.433. The van der Waals surface area contributed by atoms with Gasteiger partial charge in [-0.2, -0.15) is 4.74 Å². The highest BCUT2D eigenvalue weighted by molar-refractivity contribution is 5.90. The van der Waals surface area contributed by atoms with E-state index < -0.39 is 5.97 Å². The number of carbonyl (C=O) groups excluding carboxylic acids is 1. The highest BCUT2D eigenvalue weighted by Gasteiger charge is 2.24. The van der Waals surface area contributed by atoms with Gasteiger partial charge in [0, 0.05) is 24.0 Å². The van der Waals surface area contributed by atoms with E-state index >= 15 is 0 Å². The molecule has 0 N–H and O–H groups in total. The first kappa shape index (κ1) is 17.1. The van der Waals surface area contributed by atoms with Gasteiger partial charge < -0.3 is 18.9 Å². The van der Waals surface area contributed by atoms with Crippen molar-refractivity contribution in [3.63, 3.8) is 0 Å². The summed E-state index contributed by atoms with van der Waals surface area (Å²) < 4.78 is 17.6. The molecule has 0 saturated heterocycles. The summed E-state index contributed by atoms with van der Waals surface area (Å²) in [4.78, 5) is 30.5. The summed E-state index contributed by atoms with van der Waals surface area (Å²) in [5.41, 5.74) is 1.56. The van der Waals surface area contributed by atoms with Crippen LogP contribution in [-0.4, -0.2) is 35.5 Å². The molecule has 1 aromatic carbocycles. The van der Waals surface area contributed by atoms with Crippen molar-refractivity contribution in [1.29, 1.82) is 0 Å². The number of aryl methyl sites for hydroxylation is 1. The van der Waals surface area contributed by atoms with Gasteiger partial charge in [0.25, 0.3) is 5.56 Å². The van der Waals surface area contributed by atoms with Gasteiger partial charge in [-0.05, 0) is 26.0 Å². The van der Waals surface area contributed by atoms with E-state index in [1.807, 2.05) is 24.0 Å². The van der Waals surface area contributed by atoms with Gasteiger partial charge in [-0.3, -0.25) is 4.79 Å². The fourth-order valence-corrected chi connectivity index (χ4v) is 3.11. The van der Waals surface area contributed by atoms with E-state index in [1.165, 1.54) is 10.9 Å². The van der Waals surface area contributed by atoms with Gasteiger partial charge >= 0.3 is 5.97 Å². The SMILES string of the molecule is CCOC(=O)c1cnc2c(c1)OCCN2c1ccc2c(=O)n(CC)oc2c1. The van der Waals surface area contributed by atoms with Crippen molar-refractivity contribution in [2.75, 3.05) is 24.7 Å². The summed E-state index contributed by atoms with van der Waals surface area (Å²) in [7, 11) is 0. The van der Waals surface area contributed by atoms with E-state index in [2.05, 4.69) is 4.98 Å². The molecule has 8 heteroatoms. The average molecular weight is 369 g/mol. The summed E-state index contributed by atoms with van der Waals surface area (Å²) in [5, 5.41) is 0.541. The molecule has 0 fully saturated rings. The maximum Gasteiger partial charge on any atom is 0.339 e. The number of aromatic nitrogens is 2. The Morgan fingerprint density at radius 3 is 2.93 bits per heavy atom. The highest BCUT2D eigenvalue weighted by Crippen LogP contribution is 2.36. The molecular weight excluding hydrogens is 350 g/mol. The van der Waals surface area contributed by atoms with Gasteiger partial charge in [0.2, 0.25) is 0 Å². The Balaban J connectivity index is 1.73. The number of ether oxygens (including phenoxy) is 2. The number of rotatable bonds is 4. The van der Waals surface area contributed by atoms with Gasteiger partial charge in [0.05, 0.1) is 30.6 Å². The Labute approximate surface area is 154 Å². The lowest BCUT2D eigenvalue weighted by atomic mass is 10.2. The number of hydrogen-bond donors (Lipinski definition) is 0. The Morgan fingerprint density at radius 2 is 2.15 bits per heavy atom. The molecule has 3 aromatic rings. The molecule has 4 rings (SSSR count). The lowest BCUT2D eigenvalue weighted by molar-refractivity contribution is 0.0525. The van der Waals surface area contributed by atoms with Gasteiger partial charge in [0.15, 0.2) is 17.2 Å². The lowest BCUT2D eigenvalue weighted by Gasteiger charge is -2.30. The summed E-state index contributed by atoms with van der Waals surface area (Å²) in [6.45, 7) is 5.41. The molecule has 0 radical (unpaired) electrons. The molecular formula is C19H19N3O5. The molecule has 1 aliphatic heterocycles. The van der Waals surface area contributed by atoms with E-state index in [-0.39, 0.29) is 5.56 Å². The highest BCUT2D eigenvalue weighted by atomic mass is 16.5. The monoisotopic (exact) mass is 369 g/mol. The van der Waals surface area contributed by atoms with Crippen molar-refractivity contribution in [1.82, 2.24) is 9.72 Å². The Kier molecular flexibility index (Phi) is 4.31. The zero-order valence-electron chi connectivity index (χ0n) is 15.1. The average Bonchev–Trinajstić information content (AvgIpc) is 3.02. The maximum atomic E-state index is 12.2. The van der Waals surface area contributed by atoms with Crippen LogP contribution in [0.4, 0.5) is 11.5 Å². The van der Waals surface area contributed by atoms with Crippen molar-refractivity contribution in [2.24, 2.45) is 0 Å². The Hall–Kier alpha value is -3.29. The molecule has 1 aliphatic rings. The van der Waals surface area contributed by atoms with Gasteiger partial charge in [-0.25, -0.2) is 9.78 Å². The van der Waals surface area contributed by atoms with Crippen LogP contribution in [0.25, 0.3) is 11.0 Å². The molecule has 27 heavy (non-hydrogen) atoms.